The van der Waals surface area contributed by atoms with Gasteiger partial charge < -0.3 is 0 Å². The monoisotopic (exact) mass is 202 g/mol. The molecule has 1 aromatic carbocycles. The molecule has 0 saturated heterocycles. The molecule has 0 spiro atoms. The highest BCUT2D eigenvalue weighted by atomic mass is 14.8. The topological polar surface area (TPSA) is 36.2 Å². The van der Waals surface area contributed by atoms with Crippen LogP contribution in [0.4, 0.5) is 0 Å². The molecule has 0 aliphatic carbocycles. The lowest BCUT2D eigenvalue weighted by Crippen LogP contribution is -2.03. The maximum atomic E-state index is 7.68. The number of aliphatic imine (C=N–C) groups is 1. The molecule has 0 unspecified atom stereocenters. The summed E-state index contributed by atoms with van der Waals surface area (Å²) >= 11 is 0. The predicted molar refractivity (Wildman–Crippen MR) is 65.9 cm³/mol. The van der Waals surface area contributed by atoms with Gasteiger partial charge in [-0.15, -0.1) is 0 Å². The predicted octanol–water partition coefficient (Wildman–Crippen LogP) is 3.66. The smallest absolute Gasteiger partial charge is 0.120 e. The summed E-state index contributed by atoms with van der Waals surface area (Å²) in [6, 6.07) is 10.1. The van der Waals surface area contributed by atoms with E-state index in [1.165, 1.54) is 0 Å². The van der Waals surface area contributed by atoms with Crippen LogP contribution in [-0.2, 0) is 0 Å². The molecule has 0 saturated carbocycles. The summed E-state index contributed by atoms with van der Waals surface area (Å²) in [5.41, 5.74) is 2.13. The summed E-state index contributed by atoms with van der Waals surface area (Å²) in [7, 11) is 0. The molecule has 15 heavy (non-hydrogen) atoms. The van der Waals surface area contributed by atoms with E-state index in [9.17, 15) is 0 Å². The first-order chi connectivity index (χ1) is 7.27. The Bertz CT molecular complexity index is 339. The van der Waals surface area contributed by atoms with E-state index in [1.54, 1.807) is 0 Å². The zero-order valence-electron chi connectivity index (χ0n) is 9.46. The zero-order chi connectivity index (χ0) is 11.1. The van der Waals surface area contributed by atoms with E-state index in [-0.39, 0.29) is 0 Å². The molecule has 0 aromatic heterocycles. The Labute approximate surface area is 91.6 Å². The van der Waals surface area contributed by atoms with Crippen LogP contribution in [0.5, 0.6) is 0 Å². The van der Waals surface area contributed by atoms with Crippen molar-refractivity contribution < 1.29 is 0 Å². The highest BCUT2D eigenvalue weighted by Crippen LogP contribution is 2.05. The summed E-state index contributed by atoms with van der Waals surface area (Å²) in [6.07, 6.45) is 2.61. The van der Waals surface area contributed by atoms with E-state index in [1.807, 2.05) is 30.3 Å². The van der Waals surface area contributed by atoms with Gasteiger partial charge in [-0.05, 0) is 18.4 Å². The maximum Gasteiger partial charge on any atom is 0.120 e. The van der Waals surface area contributed by atoms with Crippen molar-refractivity contribution in [1.82, 2.24) is 0 Å². The molecule has 2 nitrogen and oxygen atoms in total. The Kier molecular flexibility index (Phi) is 4.75. The lowest BCUT2D eigenvalue weighted by Gasteiger charge is -2.04. The number of nitrogens with zero attached hydrogens (tertiary/aromatic N) is 1. The third kappa shape index (κ3) is 3.66. The van der Waals surface area contributed by atoms with E-state index in [0.717, 1.165) is 30.5 Å². The quantitative estimate of drug-likeness (QED) is 0.571. The second kappa shape index (κ2) is 6.12. The number of nitrogens with one attached hydrogen (secondary N) is 1. The van der Waals surface area contributed by atoms with Crippen LogP contribution in [0.2, 0.25) is 0 Å². The summed E-state index contributed by atoms with van der Waals surface area (Å²) < 4.78 is 0. The zero-order valence-corrected chi connectivity index (χ0v) is 9.46. The second-order valence-corrected chi connectivity index (χ2v) is 3.47. The molecule has 1 N–H and O–H groups in total. The molecule has 0 aliphatic rings. The van der Waals surface area contributed by atoms with E-state index in [2.05, 4.69) is 18.8 Å². The molecule has 0 amide bonds. The molecule has 0 aliphatic heterocycles. The van der Waals surface area contributed by atoms with Gasteiger partial charge in [-0.3, -0.25) is 5.41 Å². The summed E-state index contributed by atoms with van der Waals surface area (Å²) in [5.74, 6) is 0.484. The molecule has 1 rings (SSSR count). The van der Waals surface area contributed by atoms with Gasteiger partial charge in [0, 0.05) is 12.1 Å². The minimum atomic E-state index is 0.484. The van der Waals surface area contributed by atoms with Crippen molar-refractivity contribution in [3.63, 3.8) is 0 Å². The summed E-state index contributed by atoms with van der Waals surface area (Å²) in [5, 5.41) is 7.68. The highest BCUT2D eigenvalue weighted by Gasteiger charge is 2.01. The molecule has 0 heterocycles. The van der Waals surface area contributed by atoms with Gasteiger partial charge in [-0.25, -0.2) is 4.99 Å². The molecule has 80 valence electrons. The maximum absolute atomic E-state index is 7.68. The van der Waals surface area contributed by atoms with Gasteiger partial charge in [-0.1, -0.05) is 44.2 Å². The molecule has 0 bridgehead atoms. The molecular formula is C13H18N2. The van der Waals surface area contributed by atoms with Gasteiger partial charge in [0.25, 0.3) is 0 Å². The number of amidine groups is 1. The minimum Gasteiger partial charge on any atom is -0.287 e. The normalized spacial score (nSPS) is 11.5. The third-order valence-electron chi connectivity index (χ3n) is 2.20. The fraction of sp³-hybridized carbons (Fsp3) is 0.385. The van der Waals surface area contributed by atoms with Gasteiger partial charge in [0.15, 0.2) is 0 Å². The van der Waals surface area contributed by atoms with Gasteiger partial charge in [0.05, 0.1) is 0 Å². The molecular weight excluding hydrogens is 184 g/mol. The first-order valence-corrected chi connectivity index (χ1v) is 5.48. The summed E-state index contributed by atoms with van der Waals surface area (Å²) in [6.45, 7) is 4.14. The largest absolute Gasteiger partial charge is 0.287 e. The van der Waals surface area contributed by atoms with Crippen molar-refractivity contribution in [2.75, 3.05) is 0 Å². The number of benzene rings is 1. The average Bonchev–Trinajstić information content (AvgIpc) is 2.27. The van der Waals surface area contributed by atoms with Crippen LogP contribution < -0.4 is 0 Å². The van der Waals surface area contributed by atoms with E-state index in [0.29, 0.717) is 5.84 Å². The van der Waals surface area contributed by atoms with Gasteiger partial charge in [0.2, 0.25) is 0 Å². The van der Waals surface area contributed by atoms with Crippen LogP contribution >= 0.6 is 0 Å². The lowest BCUT2D eigenvalue weighted by molar-refractivity contribution is 0.975. The Morgan fingerprint density at radius 1 is 1.20 bits per heavy atom. The SMILES string of the molecule is CCCC(=N)N=C(CC)c1ccccc1. The Hall–Kier alpha value is -1.44. The number of hydrogen-bond donors (Lipinski definition) is 1. The van der Waals surface area contributed by atoms with E-state index < -0.39 is 0 Å². The summed E-state index contributed by atoms with van der Waals surface area (Å²) in [4.78, 5) is 4.35. The van der Waals surface area contributed by atoms with Gasteiger partial charge in [0.1, 0.15) is 5.84 Å². The van der Waals surface area contributed by atoms with Crippen molar-refractivity contribution in [2.24, 2.45) is 4.99 Å². The lowest BCUT2D eigenvalue weighted by atomic mass is 10.1. The molecule has 0 fully saturated rings. The second-order valence-electron chi connectivity index (χ2n) is 3.47. The van der Waals surface area contributed by atoms with Crippen molar-refractivity contribution in [3.8, 4) is 0 Å². The van der Waals surface area contributed by atoms with Crippen molar-refractivity contribution in [1.29, 1.82) is 5.41 Å². The van der Waals surface area contributed by atoms with Gasteiger partial charge >= 0.3 is 0 Å². The Morgan fingerprint density at radius 2 is 1.87 bits per heavy atom. The van der Waals surface area contributed by atoms with Crippen LogP contribution in [-0.4, -0.2) is 11.5 Å². The standard InChI is InChI=1S/C13H18N2/c1-3-8-13(14)15-12(4-2)11-9-6-5-7-10-11/h5-7,9-10,14H,3-4,8H2,1-2H3. The molecule has 2 heteroatoms. The minimum absolute atomic E-state index is 0.484. The fourth-order valence-corrected chi connectivity index (χ4v) is 1.43. The van der Waals surface area contributed by atoms with Crippen LogP contribution in [0.1, 0.15) is 38.7 Å². The highest BCUT2D eigenvalue weighted by molar-refractivity contribution is 6.06. The van der Waals surface area contributed by atoms with Gasteiger partial charge in [-0.2, -0.15) is 0 Å². The molecule has 1 aromatic rings. The van der Waals surface area contributed by atoms with E-state index >= 15 is 0 Å². The van der Waals surface area contributed by atoms with Crippen LogP contribution in [0.15, 0.2) is 35.3 Å². The molecule has 0 radical (unpaired) electrons. The van der Waals surface area contributed by atoms with Crippen LogP contribution in [0.25, 0.3) is 0 Å². The fourth-order valence-electron chi connectivity index (χ4n) is 1.43. The Morgan fingerprint density at radius 3 is 2.40 bits per heavy atom. The van der Waals surface area contributed by atoms with Crippen LogP contribution in [0, 0.1) is 5.41 Å². The van der Waals surface area contributed by atoms with Crippen molar-refractivity contribution in [2.45, 2.75) is 33.1 Å². The van der Waals surface area contributed by atoms with Crippen molar-refractivity contribution >= 4 is 11.5 Å². The van der Waals surface area contributed by atoms with E-state index in [4.69, 9.17) is 5.41 Å². The Balaban J connectivity index is 2.84. The number of hydrogen-bond acceptors (Lipinski definition) is 1. The first-order valence-electron chi connectivity index (χ1n) is 5.48. The first kappa shape index (κ1) is 11.6. The average molecular weight is 202 g/mol. The van der Waals surface area contributed by atoms with Crippen molar-refractivity contribution in [3.05, 3.63) is 35.9 Å². The molecule has 0 atom stereocenters. The third-order valence-corrected chi connectivity index (χ3v) is 2.20. The number of rotatable bonds is 4. The van der Waals surface area contributed by atoms with Crippen LogP contribution in [0.3, 0.4) is 0 Å².